The first-order chi connectivity index (χ1) is 11.2. The number of aromatic carboxylic acids is 1. The molecular weight excluding hydrogens is 309 g/mol. The van der Waals surface area contributed by atoms with E-state index >= 15 is 0 Å². The largest absolute Gasteiger partial charge is 1.00 e. The summed E-state index contributed by atoms with van der Waals surface area (Å²) in [7, 11) is 0. The Morgan fingerprint density at radius 2 is 1.58 bits per heavy atom. The Balaban J connectivity index is 0.00000288. The van der Waals surface area contributed by atoms with Crippen molar-refractivity contribution in [2.24, 2.45) is 0 Å². The zero-order chi connectivity index (χ0) is 16.5. The Labute approximate surface area is 167 Å². The van der Waals surface area contributed by atoms with Crippen LogP contribution in [-0.2, 0) is 6.42 Å². The maximum absolute atomic E-state index is 10.9. The molecule has 0 bridgehead atoms. The third-order valence-electron chi connectivity index (χ3n) is 4.46. The van der Waals surface area contributed by atoms with Crippen molar-refractivity contribution in [3.8, 4) is 0 Å². The molecule has 0 aliphatic carbocycles. The van der Waals surface area contributed by atoms with Gasteiger partial charge in [0.25, 0.3) is 0 Å². The van der Waals surface area contributed by atoms with Crippen molar-refractivity contribution in [2.75, 3.05) is 0 Å². The van der Waals surface area contributed by atoms with Gasteiger partial charge in [0.05, 0.1) is 5.97 Å². The number of carboxylic acid groups (broad SMARTS) is 1. The van der Waals surface area contributed by atoms with Gasteiger partial charge in [-0.2, -0.15) is 0 Å². The Bertz CT molecular complexity index is 621. The summed E-state index contributed by atoms with van der Waals surface area (Å²) >= 11 is 0. The van der Waals surface area contributed by atoms with Gasteiger partial charge in [0.2, 0.25) is 0 Å². The minimum Gasteiger partial charge on any atom is -0.545 e. The number of carbonyl (C=O) groups is 1. The number of aryl methyl sites for hydroxylation is 1. The molecule has 1 heterocycles. The van der Waals surface area contributed by atoms with Crippen LogP contribution in [0.5, 0.6) is 0 Å². The molecule has 0 atom stereocenters. The van der Waals surface area contributed by atoms with Crippen molar-refractivity contribution in [1.82, 2.24) is 4.98 Å². The van der Waals surface area contributed by atoms with Crippen molar-refractivity contribution in [1.29, 1.82) is 0 Å². The number of aromatic amines is 1. The molecule has 0 fully saturated rings. The zero-order valence-electron chi connectivity index (χ0n) is 15.2. The van der Waals surface area contributed by atoms with Crippen molar-refractivity contribution in [2.45, 2.75) is 71.1 Å². The Morgan fingerprint density at radius 1 is 0.958 bits per heavy atom. The van der Waals surface area contributed by atoms with Gasteiger partial charge in [-0.25, -0.2) is 0 Å². The van der Waals surface area contributed by atoms with Crippen molar-refractivity contribution in [3.63, 3.8) is 0 Å². The summed E-state index contributed by atoms with van der Waals surface area (Å²) in [4.78, 5) is 14.2. The predicted molar refractivity (Wildman–Crippen MR) is 93.6 cm³/mol. The number of fused-ring (bicyclic) bond motifs is 1. The van der Waals surface area contributed by atoms with E-state index in [9.17, 15) is 9.90 Å². The van der Waals surface area contributed by atoms with Gasteiger partial charge >= 0.3 is 29.6 Å². The third-order valence-corrected chi connectivity index (χ3v) is 4.46. The first kappa shape index (κ1) is 21.3. The Morgan fingerprint density at radius 3 is 2.21 bits per heavy atom. The second kappa shape index (κ2) is 11.7. The molecule has 0 saturated heterocycles. The first-order valence-corrected chi connectivity index (χ1v) is 9.03. The Kier molecular flexibility index (Phi) is 10.4. The van der Waals surface area contributed by atoms with Crippen LogP contribution in [-0.4, -0.2) is 11.0 Å². The van der Waals surface area contributed by atoms with E-state index in [2.05, 4.69) is 18.0 Å². The molecule has 0 aliphatic heterocycles. The fraction of sp³-hybridized carbons (Fsp3) is 0.550. The number of carbonyl (C=O) groups excluding carboxylic acids is 1. The van der Waals surface area contributed by atoms with E-state index in [4.69, 9.17) is 0 Å². The van der Waals surface area contributed by atoms with E-state index < -0.39 is 5.97 Å². The summed E-state index contributed by atoms with van der Waals surface area (Å²) < 4.78 is 0. The minimum absolute atomic E-state index is 0. The number of unbranched alkanes of at least 4 members (excludes halogenated alkanes) is 8. The SMILES string of the molecule is CCCCCCCCCCCc1cc2ccc(C(=O)[O-])cc2[nH]1.[Na+]. The van der Waals surface area contributed by atoms with Gasteiger partial charge in [0.1, 0.15) is 0 Å². The molecule has 2 rings (SSSR count). The van der Waals surface area contributed by atoms with Gasteiger partial charge in [-0.3, -0.25) is 0 Å². The van der Waals surface area contributed by atoms with E-state index in [1.165, 1.54) is 63.5 Å². The van der Waals surface area contributed by atoms with E-state index in [1.807, 2.05) is 6.07 Å². The number of rotatable bonds is 11. The molecule has 0 radical (unpaired) electrons. The van der Waals surface area contributed by atoms with Crippen LogP contribution >= 0.6 is 0 Å². The molecule has 1 aromatic heterocycles. The molecule has 0 aliphatic rings. The van der Waals surface area contributed by atoms with Crippen LogP contribution < -0.4 is 34.7 Å². The number of H-pyrrole nitrogens is 1. The molecule has 0 unspecified atom stereocenters. The number of benzene rings is 1. The van der Waals surface area contributed by atoms with Crippen LogP contribution in [0.3, 0.4) is 0 Å². The maximum Gasteiger partial charge on any atom is 1.00 e. The van der Waals surface area contributed by atoms with E-state index in [0.717, 1.165) is 17.3 Å². The van der Waals surface area contributed by atoms with Gasteiger partial charge in [0.15, 0.2) is 0 Å². The molecule has 4 heteroatoms. The molecule has 0 amide bonds. The predicted octanol–water partition coefficient (Wildman–Crippen LogP) is 1.61. The van der Waals surface area contributed by atoms with Crippen LogP contribution in [0.2, 0.25) is 0 Å². The molecular formula is C20H28NNaO2. The maximum atomic E-state index is 10.9. The minimum atomic E-state index is -1.12. The van der Waals surface area contributed by atoms with Crippen LogP contribution in [0.4, 0.5) is 0 Å². The fourth-order valence-corrected chi connectivity index (χ4v) is 3.07. The quantitative estimate of drug-likeness (QED) is 0.500. The molecule has 0 saturated carbocycles. The Hall–Kier alpha value is -0.770. The summed E-state index contributed by atoms with van der Waals surface area (Å²) in [5, 5.41) is 12.0. The van der Waals surface area contributed by atoms with Gasteiger partial charge in [-0.15, -0.1) is 0 Å². The summed E-state index contributed by atoms with van der Waals surface area (Å²) in [5.74, 6) is -1.12. The number of aromatic nitrogens is 1. The summed E-state index contributed by atoms with van der Waals surface area (Å²) in [6, 6.07) is 7.23. The van der Waals surface area contributed by atoms with Crippen LogP contribution in [0.1, 0.15) is 80.8 Å². The van der Waals surface area contributed by atoms with Crippen LogP contribution in [0.15, 0.2) is 24.3 Å². The molecule has 126 valence electrons. The molecule has 2 aromatic rings. The number of nitrogens with one attached hydrogen (secondary N) is 1. The number of hydrogen-bond donors (Lipinski definition) is 1. The van der Waals surface area contributed by atoms with E-state index in [-0.39, 0.29) is 35.1 Å². The van der Waals surface area contributed by atoms with Gasteiger partial charge in [-0.1, -0.05) is 70.4 Å². The van der Waals surface area contributed by atoms with Crippen molar-refractivity contribution >= 4 is 16.9 Å². The van der Waals surface area contributed by atoms with Gasteiger partial charge in [-0.05, 0) is 35.9 Å². The topological polar surface area (TPSA) is 55.9 Å². The monoisotopic (exact) mass is 337 g/mol. The average Bonchev–Trinajstić information content (AvgIpc) is 2.95. The zero-order valence-corrected chi connectivity index (χ0v) is 17.2. The first-order valence-electron chi connectivity index (χ1n) is 9.03. The standard InChI is InChI=1S/C20H29NO2.Na/c1-2-3-4-5-6-7-8-9-10-11-18-14-16-12-13-17(20(22)23)15-19(16)21-18;/h12-15,21H,2-11H2,1H3,(H,22,23);/q;+1/p-1. The van der Waals surface area contributed by atoms with Gasteiger partial charge in [0, 0.05) is 11.2 Å². The number of hydrogen-bond acceptors (Lipinski definition) is 2. The summed E-state index contributed by atoms with van der Waals surface area (Å²) in [6.45, 7) is 2.25. The smallest absolute Gasteiger partial charge is 0.545 e. The molecule has 1 aromatic carbocycles. The van der Waals surface area contributed by atoms with Crippen molar-refractivity contribution < 1.29 is 39.5 Å². The number of carboxylic acids is 1. The van der Waals surface area contributed by atoms with E-state index in [0.29, 0.717) is 0 Å². The fourth-order valence-electron chi connectivity index (χ4n) is 3.07. The molecule has 24 heavy (non-hydrogen) atoms. The normalized spacial score (nSPS) is 10.7. The summed E-state index contributed by atoms with van der Waals surface area (Å²) in [5.41, 5.74) is 2.31. The second-order valence-corrected chi connectivity index (χ2v) is 6.46. The van der Waals surface area contributed by atoms with Crippen molar-refractivity contribution in [3.05, 3.63) is 35.5 Å². The molecule has 0 spiro atoms. The summed E-state index contributed by atoms with van der Waals surface area (Å²) in [6.07, 6.45) is 13.0. The third kappa shape index (κ3) is 7.00. The van der Waals surface area contributed by atoms with Gasteiger partial charge < -0.3 is 14.9 Å². The molecule has 3 nitrogen and oxygen atoms in total. The second-order valence-electron chi connectivity index (χ2n) is 6.46. The van der Waals surface area contributed by atoms with E-state index in [1.54, 1.807) is 12.1 Å². The molecule has 1 N–H and O–H groups in total. The van der Waals surface area contributed by atoms with Crippen LogP contribution in [0.25, 0.3) is 10.9 Å². The average molecular weight is 337 g/mol. The van der Waals surface area contributed by atoms with Crippen LogP contribution in [0, 0.1) is 0 Å².